The van der Waals surface area contributed by atoms with Crippen molar-refractivity contribution in [3.63, 3.8) is 0 Å². The lowest BCUT2D eigenvalue weighted by Gasteiger charge is -2.06. The summed E-state index contributed by atoms with van der Waals surface area (Å²) >= 11 is 0.862. The molecule has 0 aliphatic heterocycles. The minimum absolute atomic E-state index is 0.0566. The molecule has 0 radical (unpaired) electrons. The Hall–Kier alpha value is -0.920. The molecule has 124 valence electrons. The van der Waals surface area contributed by atoms with Gasteiger partial charge in [0.15, 0.2) is 0 Å². The third-order valence-electron chi connectivity index (χ3n) is 2.03. The molecule has 0 bridgehead atoms. The zero-order valence-electron chi connectivity index (χ0n) is 11.1. The molecule has 12 heteroatoms. The fourth-order valence-electron chi connectivity index (χ4n) is 1.17. The van der Waals surface area contributed by atoms with E-state index in [0.29, 0.717) is 18.7 Å². The second-order valence-electron chi connectivity index (χ2n) is 3.83. The van der Waals surface area contributed by atoms with Crippen molar-refractivity contribution < 1.29 is 37.2 Å². The van der Waals surface area contributed by atoms with Crippen LogP contribution in [0, 0.1) is 0 Å². The van der Waals surface area contributed by atoms with Crippen molar-refractivity contribution >= 4 is 34.0 Å². The Kier molecular flexibility index (Phi) is 11.2. The van der Waals surface area contributed by atoms with Gasteiger partial charge in [-0.3, -0.25) is 14.1 Å². The van der Waals surface area contributed by atoms with E-state index < -0.39 is 27.7 Å². The summed E-state index contributed by atoms with van der Waals surface area (Å²) in [5, 5.41) is 16.1. The second-order valence-corrected chi connectivity index (χ2v) is 6.19. The Morgan fingerprint density at radius 1 is 1.10 bits per heavy atom. The average molecular weight is 346 g/mol. The lowest BCUT2D eigenvalue weighted by molar-refractivity contribution is -0.432. The monoisotopic (exact) mass is 346 g/mol. The molecule has 0 aromatic rings. The van der Waals surface area contributed by atoms with Gasteiger partial charge in [-0.1, -0.05) is 5.04 Å². The molecule has 0 aromatic carbocycles. The lowest BCUT2D eigenvalue weighted by Crippen LogP contribution is -2.33. The maximum absolute atomic E-state index is 11.3. The number of hydrogen-bond donors (Lipinski definition) is 4. The van der Waals surface area contributed by atoms with E-state index in [9.17, 15) is 18.0 Å². The third-order valence-corrected chi connectivity index (χ3v) is 3.44. The van der Waals surface area contributed by atoms with Gasteiger partial charge in [-0.2, -0.15) is 8.42 Å². The maximum atomic E-state index is 11.3. The van der Waals surface area contributed by atoms with Crippen molar-refractivity contribution in [2.75, 3.05) is 24.6 Å². The van der Waals surface area contributed by atoms with Crippen molar-refractivity contribution in [1.29, 1.82) is 0 Å². The Bertz CT molecular complexity index is 414. The van der Waals surface area contributed by atoms with Crippen molar-refractivity contribution in [2.24, 2.45) is 0 Å². The summed E-state index contributed by atoms with van der Waals surface area (Å²) in [6, 6.07) is 0. The van der Waals surface area contributed by atoms with Crippen LogP contribution in [0.2, 0.25) is 0 Å². The molecule has 0 rings (SSSR count). The molecule has 0 saturated heterocycles. The van der Waals surface area contributed by atoms with Crippen LogP contribution in [0.1, 0.15) is 19.3 Å². The van der Waals surface area contributed by atoms with Crippen LogP contribution in [0.4, 0.5) is 0 Å². The quantitative estimate of drug-likeness (QED) is 0.0901. The molecule has 0 aliphatic carbocycles. The number of amides is 2. The molecular formula is C9H18N2O8S2. The lowest BCUT2D eigenvalue weighted by atomic mass is 10.3. The maximum Gasteiger partial charge on any atom is 0.264 e. The van der Waals surface area contributed by atoms with Gasteiger partial charge in [0.1, 0.15) is 6.42 Å². The SMILES string of the molecule is O=C(CC(=O)NCCCS(=O)(=O)O)NCCCSOOO. The van der Waals surface area contributed by atoms with E-state index in [1.807, 2.05) is 0 Å². The fraction of sp³-hybridized carbons (Fsp3) is 0.778. The topological polar surface area (TPSA) is 151 Å². The van der Waals surface area contributed by atoms with Crippen LogP contribution >= 0.6 is 12.0 Å². The first kappa shape index (κ1) is 20.1. The highest BCUT2D eigenvalue weighted by atomic mass is 32.2. The molecule has 21 heavy (non-hydrogen) atoms. The smallest absolute Gasteiger partial charge is 0.264 e. The molecule has 0 atom stereocenters. The second kappa shape index (κ2) is 11.7. The van der Waals surface area contributed by atoms with Gasteiger partial charge in [-0.05, 0) is 12.8 Å². The molecule has 0 saturated carbocycles. The zero-order valence-corrected chi connectivity index (χ0v) is 12.7. The summed E-state index contributed by atoms with van der Waals surface area (Å²) < 4.78 is 33.4. The van der Waals surface area contributed by atoms with E-state index in [2.05, 4.69) is 20.0 Å². The number of carbonyl (C=O) groups excluding carboxylic acids is 2. The number of hydrogen-bond acceptors (Lipinski definition) is 8. The minimum Gasteiger partial charge on any atom is -0.356 e. The molecular weight excluding hydrogens is 328 g/mol. The van der Waals surface area contributed by atoms with Crippen molar-refractivity contribution in [3.8, 4) is 0 Å². The highest BCUT2D eigenvalue weighted by molar-refractivity contribution is 7.94. The van der Waals surface area contributed by atoms with Crippen LogP contribution in [0.25, 0.3) is 0 Å². The van der Waals surface area contributed by atoms with Gasteiger partial charge in [0.25, 0.3) is 10.1 Å². The van der Waals surface area contributed by atoms with Crippen LogP contribution in [-0.2, 0) is 29.1 Å². The summed E-state index contributed by atoms with van der Waals surface area (Å²) in [5.74, 6) is -0.972. The normalized spacial score (nSPS) is 11.1. The predicted octanol–water partition coefficient (Wildman–Crippen LogP) is -0.654. The molecule has 0 unspecified atom stereocenters. The Labute approximate surface area is 126 Å². The number of rotatable bonds is 12. The van der Waals surface area contributed by atoms with Crippen LogP contribution < -0.4 is 10.6 Å². The van der Waals surface area contributed by atoms with Crippen molar-refractivity contribution in [2.45, 2.75) is 19.3 Å². The molecule has 2 amide bonds. The number of nitrogens with one attached hydrogen (secondary N) is 2. The number of carbonyl (C=O) groups is 2. The van der Waals surface area contributed by atoms with Crippen molar-refractivity contribution in [1.82, 2.24) is 10.6 Å². The van der Waals surface area contributed by atoms with Gasteiger partial charge < -0.3 is 10.6 Å². The molecule has 10 nitrogen and oxygen atoms in total. The third kappa shape index (κ3) is 15.3. The summed E-state index contributed by atoms with van der Waals surface area (Å²) in [6.07, 6.45) is 0.251. The Balaban J connectivity index is 3.55. The predicted molar refractivity (Wildman–Crippen MR) is 73.5 cm³/mol. The van der Waals surface area contributed by atoms with Crippen LogP contribution in [0.15, 0.2) is 0 Å². The summed E-state index contributed by atoms with van der Waals surface area (Å²) in [4.78, 5) is 22.6. The van der Waals surface area contributed by atoms with Gasteiger partial charge in [0, 0.05) is 30.9 Å². The fourth-order valence-corrected chi connectivity index (χ4v) is 2.05. The first-order chi connectivity index (χ1) is 9.85. The first-order valence-electron chi connectivity index (χ1n) is 5.93. The molecule has 0 aromatic heterocycles. The molecule has 0 fully saturated rings. The van der Waals surface area contributed by atoms with E-state index >= 15 is 0 Å². The summed E-state index contributed by atoms with van der Waals surface area (Å²) in [6.45, 7) is 0.387. The molecule has 0 aliphatic rings. The van der Waals surface area contributed by atoms with E-state index in [1.54, 1.807) is 0 Å². The van der Waals surface area contributed by atoms with E-state index in [0.717, 1.165) is 12.0 Å². The Morgan fingerprint density at radius 2 is 1.67 bits per heavy atom. The van der Waals surface area contributed by atoms with Gasteiger partial charge in [0.05, 0.1) is 5.75 Å². The van der Waals surface area contributed by atoms with Gasteiger partial charge >= 0.3 is 0 Å². The van der Waals surface area contributed by atoms with Crippen LogP contribution in [0.5, 0.6) is 0 Å². The molecule has 4 N–H and O–H groups in total. The summed E-state index contributed by atoms with van der Waals surface area (Å²) in [5.41, 5.74) is 0. The van der Waals surface area contributed by atoms with E-state index in [4.69, 9.17) is 9.81 Å². The molecule has 0 heterocycles. The highest BCUT2D eigenvalue weighted by Crippen LogP contribution is 2.02. The van der Waals surface area contributed by atoms with E-state index in [1.165, 1.54) is 0 Å². The van der Waals surface area contributed by atoms with E-state index in [-0.39, 0.29) is 19.4 Å². The van der Waals surface area contributed by atoms with Gasteiger partial charge in [-0.25, -0.2) is 5.26 Å². The van der Waals surface area contributed by atoms with Crippen LogP contribution in [-0.4, -0.2) is 54.6 Å². The van der Waals surface area contributed by atoms with Gasteiger partial charge in [-0.15, -0.1) is 4.33 Å². The molecule has 0 spiro atoms. The average Bonchev–Trinajstić information content (AvgIpc) is 2.38. The van der Waals surface area contributed by atoms with Crippen molar-refractivity contribution in [3.05, 3.63) is 0 Å². The van der Waals surface area contributed by atoms with Crippen LogP contribution in [0.3, 0.4) is 0 Å². The largest absolute Gasteiger partial charge is 0.356 e. The standard InChI is InChI=1S/C9H18N2O8S2/c12-8(10-3-1-5-20-19-18-14)7-9(13)11-4-2-6-21(15,16)17/h14H,1-7H2,(H,10,12)(H,11,13)(H,15,16,17). The minimum atomic E-state index is -4.03. The zero-order chi connectivity index (χ0) is 16.1. The van der Waals surface area contributed by atoms with Gasteiger partial charge in [0.2, 0.25) is 11.8 Å². The Morgan fingerprint density at radius 3 is 2.19 bits per heavy atom. The highest BCUT2D eigenvalue weighted by Gasteiger charge is 2.09. The first-order valence-corrected chi connectivity index (χ1v) is 8.45. The summed E-state index contributed by atoms with van der Waals surface area (Å²) in [7, 11) is -4.03.